The summed E-state index contributed by atoms with van der Waals surface area (Å²) in [5.41, 5.74) is 6.48. The number of alkyl halides is 2. The zero-order valence-electron chi connectivity index (χ0n) is 18.2. The Morgan fingerprint density at radius 3 is 2.59 bits per heavy atom. The summed E-state index contributed by atoms with van der Waals surface area (Å²) >= 11 is 5.31. The number of hydrogen-bond acceptors (Lipinski definition) is 6. The second-order valence-corrected chi connectivity index (χ2v) is 8.18. The first-order chi connectivity index (χ1) is 16.2. The number of aromatic hydroxyl groups is 1. The lowest BCUT2D eigenvalue weighted by molar-refractivity contribution is -0.0431. The van der Waals surface area contributed by atoms with Crippen molar-refractivity contribution in [3.8, 4) is 23.0 Å². The van der Waals surface area contributed by atoms with Gasteiger partial charge in [0.15, 0.2) is 5.11 Å². The number of fused-ring (bicyclic) bond motifs is 1. The van der Waals surface area contributed by atoms with Crippen LogP contribution in [0.2, 0.25) is 0 Å². The number of phenolic OH excluding ortho intramolecular Hbond substituents is 1. The van der Waals surface area contributed by atoms with Gasteiger partial charge in [-0.15, -0.1) is 0 Å². The molecule has 3 aromatic rings. The largest absolute Gasteiger partial charge is 0.506 e. The van der Waals surface area contributed by atoms with Crippen LogP contribution in [0.15, 0.2) is 42.6 Å². The number of halogens is 2. The van der Waals surface area contributed by atoms with E-state index in [1.807, 2.05) is 0 Å². The zero-order valence-corrected chi connectivity index (χ0v) is 19.0. The predicted molar refractivity (Wildman–Crippen MR) is 127 cm³/mol. The molecule has 0 aliphatic carbocycles. The van der Waals surface area contributed by atoms with Crippen LogP contribution in [0.25, 0.3) is 10.9 Å². The average Bonchev–Trinajstić information content (AvgIpc) is 2.80. The van der Waals surface area contributed by atoms with Gasteiger partial charge in [0.2, 0.25) is 0 Å². The van der Waals surface area contributed by atoms with Crippen molar-refractivity contribution < 1.29 is 28.2 Å². The number of thiocarbonyl (C=S) groups is 1. The number of nitrogens with one attached hydrogen (secondary N) is 1. The van der Waals surface area contributed by atoms with Crippen molar-refractivity contribution in [2.24, 2.45) is 5.73 Å². The van der Waals surface area contributed by atoms with Gasteiger partial charge in [-0.25, -0.2) is 8.78 Å². The van der Waals surface area contributed by atoms with Crippen LogP contribution in [0.3, 0.4) is 0 Å². The maximum absolute atomic E-state index is 13.4. The minimum atomic E-state index is -2.67. The molecule has 0 spiro atoms. The summed E-state index contributed by atoms with van der Waals surface area (Å²) in [5, 5.41) is 14.1. The van der Waals surface area contributed by atoms with Crippen molar-refractivity contribution in [1.82, 2.24) is 9.88 Å². The van der Waals surface area contributed by atoms with Gasteiger partial charge in [0.1, 0.15) is 23.0 Å². The first-order valence-electron chi connectivity index (χ1n) is 10.4. The minimum Gasteiger partial charge on any atom is -0.506 e. The third kappa shape index (κ3) is 4.93. The number of primary amides is 1. The Balaban J connectivity index is 1.53. The smallest absolute Gasteiger partial charge is 0.252 e. The maximum Gasteiger partial charge on any atom is 0.252 e. The zero-order chi connectivity index (χ0) is 24.5. The minimum absolute atomic E-state index is 0.133. The number of amides is 1. The Labute approximate surface area is 199 Å². The number of rotatable bonds is 5. The molecule has 1 aliphatic heterocycles. The lowest BCUT2D eigenvalue weighted by Gasteiger charge is -2.33. The van der Waals surface area contributed by atoms with Crippen LogP contribution in [0.4, 0.5) is 14.5 Å². The third-order valence-electron chi connectivity index (χ3n) is 5.51. The van der Waals surface area contributed by atoms with Crippen LogP contribution in [0.5, 0.6) is 23.0 Å². The summed E-state index contributed by atoms with van der Waals surface area (Å²) < 4.78 is 37.9. The Bertz CT molecular complexity index is 1260. The lowest BCUT2D eigenvalue weighted by atomic mass is 10.1. The number of carbonyl (C=O) groups excluding carboxylic acids is 1. The number of aromatic nitrogens is 1. The molecule has 0 atom stereocenters. The molecule has 0 saturated carbocycles. The molecule has 4 rings (SSSR count). The highest BCUT2D eigenvalue weighted by Crippen LogP contribution is 2.36. The number of hydrogen-bond donors (Lipinski definition) is 3. The number of benzene rings is 2. The van der Waals surface area contributed by atoms with E-state index in [0.29, 0.717) is 33.8 Å². The Morgan fingerprint density at radius 1 is 1.21 bits per heavy atom. The normalized spacial score (nSPS) is 15.1. The number of likely N-dealkylation sites (tertiary alicyclic amines) is 1. The molecule has 8 nitrogen and oxygen atoms in total. The number of carbonyl (C=O) groups is 1. The third-order valence-corrected chi connectivity index (χ3v) is 5.87. The molecule has 11 heteroatoms. The molecular weight excluding hydrogens is 466 g/mol. The van der Waals surface area contributed by atoms with Gasteiger partial charge in [0, 0.05) is 49.6 Å². The van der Waals surface area contributed by atoms with Crippen molar-refractivity contribution in [2.75, 3.05) is 25.5 Å². The maximum atomic E-state index is 13.4. The summed E-state index contributed by atoms with van der Waals surface area (Å²) in [6, 6.07) is 9.31. The fraction of sp³-hybridized carbons (Fsp3) is 0.261. The van der Waals surface area contributed by atoms with Gasteiger partial charge < -0.3 is 30.5 Å². The molecule has 1 amide bonds. The van der Waals surface area contributed by atoms with Crippen molar-refractivity contribution >= 4 is 39.8 Å². The first kappa shape index (κ1) is 23.4. The molecule has 1 aliphatic rings. The molecule has 0 bridgehead atoms. The van der Waals surface area contributed by atoms with Gasteiger partial charge in [-0.3, -0.25) is 9.78 Å². The summed E-state index contributed by atoms with van der Waals surface area (Å²) in [6.45, 7) is 0.266. The van der Waals surface area contributed by atoms with Gasteiger partial charge in [-0.2, -0.15) is 0 Å². The monoisotopic (exact) mass is 488 g/mol. The quantitative estimate of drug-likeness (QED) is 0.361. The molecule has 0 unspecified atom stereocenters. The fourth-order valence-corrected chi connectivity index (χ4v) is 3.93. The van der Waals surface area contributed by atoms with Crippen LogP contribution in [-0.2, 0) is 0 Å². The highest BCUT2D eigenvalue weighted by Gasteiger charge is 2.34. The SMILES string of the molecule is COc1cc2nccc(Oc3ccc(NC(=S)N4CCC(F)(F)CC4)c(O)c3)c2cc1C(N)=O. The first-order valence-corrected chi connectivity index (χ1v) is 10.8. The molecule has 34 heavy (non-hydrogen) atoms. The Morgan fingerprint density at radius 2 is 1.94 bits per heavy atom. The number of piperidine rings is 1. The lowest BCUT2D eigenvalue weighted by Crippen LogP contribution is -2.44. The summed E-state index contributed by atoms with van der Waals surface area (Å²) in [4.78, 5) is 17.7. The molecule has 1 aromatic heterocycles. The van der Waals surface area contributed by atoms with Crippen molar-refractivity contribution in [3.05, 3.63) is 48.2 Å². The Hall–Kier alpha value is -3.73. The fourth-order valence-electron chi connectivity index (χ4n) is 3.64. The average molecular weight is 489 g/mol. The van der Waals surface area contributed by atoms with E-state index in [-0.39, 0.29) is 42.4 Å². The van der Waals surface area contributed by atoms with Crippen LogP contribution in [0, 0.1) is 0 Å². The number of phenols is 1. The molecule has 1 fully saturated rings. The number of methoxy groups -OCH3 is 1. The molecule has 0 radical (unpaired) electrons. The van der Waals surface area contributed by atoms with E-state index in [2.05, 4.69) is 10.3 Å². The van der Waals surface area contributed by atoms with E-state index in [9.17, 15) is 18.7 Å². The van der Waals surface area contributed by atoms with E-state index in [1.54, 1.807) is 29.2 Å². The molecule has 178 valence electrons. The number of ether oxygens (including phenoxy) is 2. The Kier molecular flexibility index (Phi) is 6.38. The number of nitrogens with zero attached hydrogens (tertiary/aromatic N) is 2. The summed E-state index contributed by atoms with van der Waals surface area (Å²) in [6.07, 6.45) is 1.00. The van der Waals surface area contributed by atoms with Crippen molar-refractivity contribution in [3.63, 3.8) is 0 Å². The van der Waals surface area contributed by atoms with E-state index >= 15 is 0 Å². The predicted octanol–water partition coefficient (Wildman–Crippen LogP) is 4.27. The molecule has 2 aromatic carbocycles. The van der Waals surface area contributed by atoms with Crippen LogP contribution < -0.4 is 20.5 Å². The van der Waals surface area contributed by atoms with E-state index in [0.717, 1.165) is 0 Å². The topological polar surface area (TPSA) is 110 Å². The van der Waals surface area contributed by atoms with Crippen LogP contribution in [-0.4, -0.2) is 52.1 Å². The van der Waals surface area contributed by atoms with Gasteiger partial charge >= 0.3 is 0 Å². The number of anilines is 1. The molecule has 4 N–H and O–H groups in total. The van der Waals surface area contributed by atoms with Crippen molar-refractivity contribution in [1.29, 1.82) is 0 Å². The van der Waals surface area contributed by atoms with E-state index < -0.39 is 11.8 Å². The summed E-state index contributed by atoms with van der Waals surface area (Å²) in [5.74, 6) is -2.47. The number of pyridine rings is 1. The molecule has 1 saturated heterocycles. The van der Waals surface area contributed by atoms with E-state index in [4.69, 9.17) is 27.4 Å². The summed E-state index contributed by atoms with van der Waals surface area (Å²) in [7, 11) is 1.43. The second-order valence-electron chi connectivity index (χ2n) is 7.80. The van der Waals surface area contributed by atoms with Crippen LogP contribution >= 0.6 is 12.2 Å². The molecule has 2 heterocycles. The second kappa shape index (κ2) is 9.26. The highest BCUT2D eigenvalue weighted by molar-refractivity contribution is 7.80. The van der Waals surface area contributed by atoms with Gasteiger partial charge in [0.05, 0.1) is 23.9 Å². The molecular formula is C23H22F2N4O4S. The number of nitrogens with two attached hydrogens (primary N) is 1. The highest BCUT2D eigenvalue weighted by atomic mass is 32.1. The van der Waals surface area contributed by atoms with Crippen LogP contribution in [0.1, 0.15) is 23.2 Å². The standard InChI is InChI=1S/C23H22F2N4O4S/c1-32-20-12-17-14(11-15(20)21(26)31)19(4-7-27-17)33-13-2-3-16(18(30)10-13)28-22(34)29-8-5-23(24,25)6-9-29/h2-4,7,10-12,30H,5-6,8-9H2,1H3,(H2,26,31)(H,28,34). The van der Waals surface area contributed by atoms with Crippen molar-refractivity contribution in [2.45, 2.75) is 18.8 Å². The van der Waals surface area contributed by atoms with E-state index in [1.165, 1.54) is 25.4 Å². The van der Waals surface area contributed by atoms with Gasteiger partial charge in [-0.05, 0) is 36.5 Å². The van der Waals surface area contributed by atoms with Gasteiger partial charge in [-0.1, -0.05) is 0 Å². The van der Waals surface area contributed by atoms with Gasteiger partial charge in [0.25, 0.3) is 11.8 Å².